The molecule has 0 aliphatic carbocycles. The zero-order chi connectivity index (χ0) is 15.6. The fourth-order valence-electron chi connectivity index (χ4n) is 1.87. The Kier molecular flexibility index (Phi) is 4.67. The molecule has 2 atom stereocenters. The molecule has 2 aromatic rings. The molecular formula is C14H15ClF2N4. The zero-order valence-electron chi connectivity index (χ0n) is 11.6. The molecule has 2 N–H and O–H groups in total. The molecule has 0 aliphatic heterocycles. The number of halogens is 3. The first kappa shape index (κ1) is 15.6. The summed E-state index contributed by atoms with van der Waals surface area (Å²) in [6.07, 6.45) is -1.04. The number of aromatic nitrogens is 3. The molecule has 112 valence electrons. The lowest BCUT2D eigenvalue weighted by Gasteiger charge is -2.13. The summed E-state index contributed by atoms with van der Waals surface area (Å²) in [7, 11) is 0. The van der Waals surface area contributed by atoms with E-state index < -0.39 is 12.0 Å². The Bertz CT molecular complexity index is 651. The molecule has 0 radical (unpaired) electrons. The predicted molar refractivity (Wildman–Crippen MR) is 77.3 cm³/mol. The summed E-state index contributed by atoms with van der Waals surface area (Å²) < 4.78 is 26.9. The van der Waals surface area contributed by atoms with Crippen molar-refractivity contribution in [2.24, 2.45) is 0 Å². The van der Waals surface area contributed by atoms with E-state index in [1.54, 1.807) is 19.9 Å². The van der Waals surface area contributed by atoms with E-state index in [0.29, 0.717) is 11.4 Å². The van der Waals surface area contributed by atoms with Gasteiger partial charge in [-0.3, -0.25) is 0 Å². The van der Waals surface area contributed by atoms with Crippen molar-refractivity contribution in [3.05, 3.63) is 46.3 Å². The number of nitrogens with two attached hydrogens (primary N) is 1. The Morgan fingerprint density at radius 1 is 1.24 bits per heavy atom. The maximum atomic E-state index is 13.7. The van der Waals surface area contributed by atoms with Crippen LogP contribution in [0.25, 0.3) is 0 Å². The molecule has 0 spiro atoms. The highest BCUT2D eigenvalue weighted by atomic mass is 35.5. The van der Waals surface area contributed by atoms with E-state index in [-0.39, 0.29) is 29.1 Å². The van der Waals surface area contributed by atoms with Gasteiger partial charge in [-0.1, -0.05) is 31.5 Å². The highest BCUT2D eigenvalue weighted by Crippen LogP contribution is 2.27. The minimum Gasteiger partial charge on any atom is -0.368 e. The van der Waals surface area contributed by atoms with Gasteiger partial charge in [-0.25, -0.2) is 13.8 Å². The SMILES string of the molecule is CCC(F)c1nc(N)nc(C(C)c2ccc(F)c(Cl)c2)n1. The van der Waals surface area contributed by atoms with E-state index in [0.717, 1.165) is 0 Å². The largest absolute Gasteiger partial charge is 0.368 e. The third-order valence-electron chi connectivity index (χ3n) is 3.16. The first-order chi connectivity index (χ1) is 9.92. The molecule has 0 saturated heterocycles. The summed E-state index contributed by atoms with van der Waals surface area (Å²) in [6.45, 7) is 3.49. The Morgan fingerprint density at radius 2 is 1.90 bits per heavy atom. The number of nitrogen functional groups attached to an aromatic ring is 1. The van der Waals surface area contributed by atoms with Crippen LogP contribution < -0.4 is 5.73 Å². The summed E-state index contributed by atoms with van der Waals surface area (Å²) in [4.78, 5) is 12.0. The van der Waals surface area contributed by atoms with E-state index in [2.05, 4.69) is 15.0 Å². The minimum atomic E-state index is -1.29. The van der Waals surface area contributed by atoms with Crippen LogP contribution >= 0.6 is 11.6 Å². The molecule has 2 unspecified atom stereocenters. The summed E-state index contributed by atoms with van der Waals surface area (Å²) >= 11 is 5.77. The molecular weight excluding hydrogens is 298 g/mol. The number of anilines is 1. The van der Waals surface area contributed by atoms with Gasteiger partial charge in [0.2, 0.25) is 5.95 Å². The van der Waals surface area contributed by atoms with Gasteiger partial charge in [0.05, 0.1) is 5.02 Å². The second kappa shape index (κ2) is 6.30. The van der Waals surface area contributed by atoms with Crippen LogP contribution in [-0.2, 0) is 0 Å². The molecule has 1 heterocycles. The number of hydrogen-bond donors (Lipinski definition) is 1. The first-order valence-corrected chi connectivity index (χ1v) is 6.90. The molecule has 4 nitrogen and oxygen atoms in total. The van der Waals surface area contributed by atoms with E-state index in [9.17, 15) is 8.78 Å². The lowest BCUT2D eigenvalue weighted by molar-refractivity contribution is 0.316. The Morgan fingerprint density at radius 3 is 2.52 bits per heavy atom. The molecule has 7 heteroatoms. The van der Waals surface area contributed by atoms with Crippen molar-refractivity contribution >= 4 is 17.5 Å². The number of hydrogen-bond acceptors (Lipinski definition) is 4. The lowest BCUT2D eigenvalue weighted by Crippen LogP contribution is -2.11. The standard InChI is InChI=1S/C14H15ClF2N4/c1-3-10(16)13-19-12(20-14(18)21-13)7(2)8-4-5-11(17)9(15)6-8/h4-7,10H,3H2,1-2H3,(H2,18,19,20,21). The van der Waals surface area contributed by atoms with Crippen LogP contribution in [0.5, 0.6) is 0 Å². The molecule has 0 aliphatic rings. The molecule has 1 aromatic carbocycles. The maximum Gasteiger partial charge on any atom is 0.223 e. The monoisotopic (exact) mass is 312 g/mol. The Labute approximate surface area is 126 Å². The summed E-state index contributed by atoms with van der Waals surface area (Å²) in [5.41, 5.74) is 6.32. The number of rotatable bonds is 4. The summed E-state index contributed by atoms with van der Waals surface area (Å²) in [6, 6.07) is 4.34. The average molecular weight is 313 g/mol. The molecule has 0 saturated carbocycles. The maximum absolute atomic E-state index is 13.7. The quantitative estimate of drug-likeness (QED) is 0.932. The van der Waals surface area contributed by atoms with E-state index >= 15 is 0 Å². The van der Waals surface area contributed by atoms with Gasteiger partial charge in [-0.2, -0.15) is 9.97 Å². The normalized spacial score (nSPS) is 14.0. The smallest absolute Gasteiger partial charge is 0.223 e. The molecule has 0 fully saturated rings. The van der Waals surface area contributed by atoms with Crippen molar-refractivity contribution in [2.75, 3.05) is 5.73 Å². The van der Waals surface area contributed by atoms with Crippen LogP contribution in [0, 0.1) is 5.82 Å². The molecule has 0 bridgehead atoms. The summed E-state index contributed by atoms with van der Waals surface area (Å²) in [5.74, 6) is -0.503. The first-order valence-electron chi connectivity index (χ1n) is 6.52. The van der Waals surface area contributed by atoms with Gasteiger partial charge >= 0.3 is 0 Å². The van der Waals surface area contributed by atoms with Gasteiger partial charge in [-0.05, 0) is 24.1 Å². The number of nitrogens with zero attached hydrogens (tertiary/aromatic N) is 3. The zero-order valence-corrected chi connectivity index (χ0v) is 12.4. The van der Waals surface area contributed by atoms with Gasteiger partial charge in [-0.15, -0.1) is 0 Å². The molecule has 21 heavy (non-hydrogen) atoms. The number of alkyl halides is 1. The van der Waals surface area contributed by atoms with E-state index in [1.807, 2.05) is 0 Å². The lowest BCUT2D eigenvalue weighted by atomic mass is 10.0. The summed E-state index contributed by atoms with van der Waals surface area (Å²) in [5, 5.41) is 0.0125. The topological polar surface area (TPSA) is 64.7 Å². The Balaban J connectivity index is 2.40. The van der Waals surface area contributed by atoms with Gasteiger partial charge in [0.1, 0.15) is 11.6 Å². The van der Waals surface area contributed by atoms with Crippen molar-refractivity contribution < 1.29 is 8.78 Å². The third kappa shape index (κ3) is 3.44. The molecule has 1 aromatic heterocycles. The minimum absolute atomic E-state index is 0.0125. The Hall–Kier alpha value is -1.82. The second-order valence-corrected chi connectivity index (χ2v) is 5.09. The predicted octanol–water partition coefficient (Wildman–Crippen LogP) is 3.82. The van der Waals surface area contributed by atoms with Crippen LogP contribution in [0.4, 0.5) is 14.7 Å². The highest BCUT2D eigenvalue weighted by Gasteiger charge is 2.19. The third-order valence-corrected chi connectivity index (χ3v) is 3.45. The van der Waals surface area contributed by atoms with Crippen LogP contribution in [0.15, 0.2) is 18.2 Å². The van der Waals surface area contributed by atoms with Crippen molar-refractivity contribution in [1.82, 2.24) is 15.0 Å². The van der Waals surface area contributed by atoms with Crippen LogP contribution in [0.2, 0.25) is 5.02 Å². The van der Waals surface area contributed by atoms with Crippen LogP contribution in [0.3, 0.4) is 0 Å². The number of benzene rings is 1. The molecule has 2 rings (SSSR count). The van der Waals surface area contributed by atoms with Crippen molar-refractivity contribution in [2.45, 2.75) is 32.4 Å². The van der Waals surface area contributed by atoms with Gasteiger partial charge < -0.3 is 5.73 Å². The van der Waals surface area contributed by atoms with Crippen molar-refractivity contribution in [3.8, 4) is 0 Å². The van der Waals surface area contributed by atoms with E-state index in [4.69, 9.17) is 17.3 Å². The van der Waals surface area contributed by atoms with Gasteiger partial charge in [0.25, 0.3) is 0 Å². The van der Waals surface area contributed by atoms with Crippen LogP contribution in [0.1, 0.15) is 49.6 Å². The fourth-order valence-corrected chi connectivity index (χ4v) is 2.06. The van der Waals surface area contributed by atoms with Crippen LogP contribution in [-0.4, -0.2) is 15.0 Å². The van der Waals surface area contributed by atoms with Crippen molar-refractivity contribution in [3.63, 3.8) is 0 Å². The van der Waals surface area contributed by atoms with Gasteiger partial charge in [0.15, 0.2) is 12.0 Å². The average Bonchev–Trinajstić information content (AvgIpc) is 2.47. The van der Waals surface area contributed by atoms with E-state index in [1.165, 1.54) is 12.1 Å². The van der Waals surface area contributed by atoms with Crippen molar-refractivity contribution in [1.29, 1.82) is 0 Å². The second-order valence-electron chi connectivity index (χ2n) is 4.68. The molecule has 0 amide bonds. The highest BCUT2D eigenvalue weighted by molar-refractivity contribution is 6.30. The fraction of sp³-hybridized carbons (Fsp3) is 0.357. The van der Waals surface area contributed by atoms with Gasteiger partial charge in [0, 0.05) is 5.92 Å².